The Morgan fingerprint density at radius 2 is 1.85 bits per heavy atom. The van der Waals surface area contributed by atoms with E-state index in [0.29, 0.717) is 18.5 Å². The second-order valence-electron chi connectivity index (χ2n) is 9.44. The molecule has 1 heterocycles. The normalized spacial score (nSPS) is 23.8. The third-order valence-electron chi connectivity index (χ3n) is 7.32. The number of anilines is 1. The van der Waals surface area contributed by atoms with E-state index in [1.54, 1.807) is 11.0 Å². The van der Waals surface area contributed by atoms with Crippen LogP contribution in [0.25, 0.3) is 0 Å². The first-order valence-corrected chi connectivity index (χ1v) is 11.7. The molecule has 8 heteroatoms. The lowest BCUT2D eigenvalue weighted by atomic mass is 9.68. The molecular formula is C26H27FN2O5. The molecule has 2 saturated carbocycles. The number of hydrogen-bond donors (Lipinski definition) is 2. The third kappa shape index (κ3) is 4.18. The zero-order chi connectivity index (χ0) is 23.9. The molecule has 0 aromatic heterocycles. The number of carbonyl (C=O) groups excluding carboxylic acids is 2. The molecule has 1 amide bonds. The number of carboxylic acid groups (broad SMARTS) is 1. The lowest BCUT2D eigenvalue weighted by Crippen LogP contribution is -2.59. The number of amides is 1. The maximum Gasteiger partial charge on any atom is 0.414 e. The molecule has 7 nitrogen and oxygen atoms in total. The van der Waals surface area contributed by atoms with Gasteiger partial charge in [0.05, 0.1) is 17.6 Å². The summed E-state index contributed by atoms with van der Waals surface area (Å²) in [6.07, 6.45) is 2.21. The van der Waals surface area contributed by atoms with E-state index >= 15 is 0 Å². The highest BCUT2D eigenvalue weighted by Crippen LogP contribution is 2.52. The number of aliphatic carboxylic acids is 1. The fraction of sp³-hybridized carbons (Fsp3) is 0.423. The molecule has 34 heavy (non-hydrogen) atoms. The minimum absolute atomic E-state index is 0.0165. The van der Waals surface area contributed by atoms with Crippen LogP contribution in [0.4, 0.5) is 14.9 Å². The van der Waals surface area contributed by atoms with Crippen LogP contribution < -0.4 is 10.2 Å². The van der Waals surface area contributed by atoms with Crippen molar-refractivity contribution in [3.8, 4) is 0 Å². The first-order valence-electron chi connectivity index (χ1n) is 11.7. The molecule has 3 aliphatic rings. The minimum atomic E-state index is -0.994. The summed E-state index contributed by atoms with van der Waals surface area (Å²) in [5, 5.41) is 12.5. The highest BCUT2D eigenvalue weighted by atomic mass is 19.1. The van der Waals surface area contributed by atoms with Gasteiger partial charge in [-0.3, -0.25) is 19.8 Å². The van der Waals surface area contributed by atoms with Crippen LogP contribution in [0.3, 0.4) is 0 Å². The van der Waals surface area contributed by atoms with Crippen molar-refractivity contribution >= 4 is 23.5 Å². The molecule has 2 fully saturated rings. The average Bonchev–Trinajstić information content (AvgIpc) is 3.59. The first kappa shape index (κ1) is 22.5. The van der Waals surface area contributed by atoms with Gasteiger partial charge < -0.3 is 9.84 Å². The predicted octanol–water partition coefficient (Wildman–Crippen LogP) is 4.36. The summed E-state index contributed by atoms with van der Waals surface area (Å²) in [5.74, 6) is -1.48. The van der Waals surface area contributed by atoms with Gasteiger partial charge in [-0.15, -0.1) is 0 Å². The van der Waals surface area contributed by atoms with Crippen LogP contribution in [0.5, 0.6) is 0 Å². The van der Waals surface area contributed by atoms with Gasteiger partial charge in [0.2, 0.25) is 0 Å². The minimum Gasteiger partial charge on any atom is -0.481 e. The van der Waals surface area contributed by atoms with Gasteiger partial charge in [-0.25, -0.2) is 9.18 Å². The van der Waals surface area contributed by atoms with E-state index in [0.717, 1.165) is 24.0 Å². The molecule has 0 radical (unpaired) electrons. The monoisotopic (exact) mass is 466 g/mol. The quantitative estimate of drug-likeness (QED) is 0.600. The number of benzene rings is 2. The number of carbonyl (C=O) groups is 3. The topological polar surface area (TPSA) is 95.9 Å². The van der Waals surface area contributed by atoms with E-state index in [9.17, 15) is 18.8 Å². The number of ether oxygens (including phenoxy) is 1. The van der Waals surface area contributed by atoms with Crippen molar-refractivity contribution in [3.63, 3.8) is 0 Å². The van der Waals surface area contributed by atoms with Crippen molar-refractivity contribution in [2.45, 2.75) is 62.8 Å². The summed E-state index contributed by atoms with van der Waals surface area (Å²) in [6.45, 7) is 0.126. The number of carboxylic acids is 1. The lowest BCUT2D eigenvalue weighted by molar-refractivity contribution is -0.139. The molecule has 2 N–H and O–H groups in total. The third-order valence-corrected chi connectivity index (χ3v) is 7.32. The first-order chi connectivity index (χ1) is 16.4. The molecule has 178 valence electrons. The second kappa shape index (κ2) is 8.83. The van der Waals surface area contributed by atoms with Crippen LogP contribution in [0.1, 0.15) is 55.7 Å². The Morgan fingerprint density at radius 3 is 2.50 bits per heavy atom. The van der Waals surface area contributed by atoms with Crippen molar-refractivity contribution < 1.29 is 28.6 Å². The summed E-state index contributed by atoms with van der Waals surface area (Å²) >= 11 is 0. The zero-order valence-corrected chi connectivity index (χ0v) is 18.7. The summed E-state index contributed by atoms with van der Waals surface area (Å²) in [6, 6.07) is 13.4. The second-order valence-corrected chi connectivity index (χ2v) is 9.44. The number of rotatable bonds is 8. The Kier molecular flexibility index (Phi) is 5.85. The van der Waals surface area contributed by atoms with E-state index in [-0.39, 0.29) is 43.2 Å². The smallest absolute Gasteiger partial charge is 0.414 e. The van der Waals surface area contributed by atoms with Gasteiger partial charge in [-0.05, 0) is 54.9 Å². The largest absolute Gasteiger partial charge is 0.481 e. The maximum atomic E-state index is 14.3. The molecule has 0 saturated heterocycles. The molecule has 2 aromatic rings. The van der Waals surface area contributed by atoms with Gasteiger partial charge in [0.15, 0.2) is 5.78 Å². The summed E-state index contributed by atoms with van der Waals surface area (Å²) in [4.78, 5) is 38.4. The summed E-state index contributed by atoms with van der Waals surface area (Å²) in [7, 11) is 0. The number of nitrogens with zero attached hydrogens (tertiary/aromatic N) is 1. The van der Waals surface area contributed by atoms with Gasteiger partial charge in [0.25, 0.3) is 0 Å². The van der Waals surface area contributed by atoms with Crippen molar-refractivity contribution in [3.05, 3.63) is 65.5 Å². The SMILES string of the molecule is O=C(O)CCC(=O)C1(NC2c3ccc(F)cc3N(C(=O)OCc3ccccc3)C3CCC23)CC1. The lowest BCUT2D eigenvalue weighted by Gasteiger charge is -2.52. The van der Waals surface area contributed by atoms with Crippen LogP contribution in [-0.4, -0.2) is 34.5 Å². The average molecular weight is 467 g/mol. The zero-order valence-electron chi connectivity index (χ0n) is 18.7. The number of hydrogen-bond acceptors (Lipinski definition) is 5. The van der Waals surface area contributed by atoms with E-state index in [4.69, 9.17) is 9.84 Å². The number of nitrogens with one attached hydrogen (secondary N) is 1. The Hall–Kier alpha value is -3.26. The van der Waals surface area contributed by atoms with Crippen LogP contribution in [0.15, 0.2) is 48.5 Å². The Bertz CT molecular complexity index is 1120. The summed E-state index contributed by atoms with van der Waals surface area (Å²) in [5.41, 5.74) is 1.36. The highest BCUT2D eigenvalue weighted by molar-refractivity contribution is 5.94. The van der Waals surface area contributed by atoms with E-state index < -0.39 is 23.4 Å². The molecule has 0 spiro atoms. The molecule has 1 aliphatic heterocycles. The molecule has 3 unspecified atom stereocenters. The number of Topliss-reactive ketones (excluding diaryl/α,β-unsaturated/α-hetero) is 1. The fourth-order valence-electron chi connectivity index (χ4n) is 5.21. The van der Waals surface area contributed by atoms with Gasteiger partial charge in [-0.2, -0.15) is 0 Å². The van der Waals surface area contributed by atoms with Crippen LogP contribution in [0.2, 0.25) is 0 Å². The Labute approximate surface area is 196 Å². The van der Waals surface area contributed by atoms with Crippen molar-refractivity contribution in [2.24, 2.45) is 5.92 Å². The van der Waals surface area contributed by atoms with Gasteiger partial charge in [0.1, 0.15) is 12.4 Å². The van der Waals surface area contributed by atoms with E-state index in [1.165, 1.54) is 12.1 Å². The molecular weight excluding hydrogens is 439 g/mol. The predicted molar refractivity (Wildman–Crippen MR) is 122 cm³/mol. The van der Waals surface area contributed by atoms with Gasteiger partial charge >= 0.3 is 12.1 Å². The molecule has 0 bridgehead atoms. The summed E-state index contributed by atoms with van der Waals surface area (Å²) < 4.78 is 19.9. The van der Waals surface area contributed by atoms with Crippen molar-refractivity contribution in [2.75, 3.05) is 4.90 Å². The van der Waals surface area contributed by atoms with E-state index in [1.807, 2.05) is 30.3 Å². The molecule has 2 aliphatic carbocycles. The maximum absolute atomic E-state index is 14.3. The number of fused-ring (bicyclic) bond motifs is 2. The van der Waals surface area contributed by atoms with Crippen LogP contribution >= 0.6 is 0 Å². The van der Waals surface area contributed by atoms with Gasteiger partial charge in [0, 0.05) is 18.5 Å². The standard InChI is InChI=1S/C26H27FN2O5/c27-17-6-7-19-21(14-17)29(25(33)34-15-16-4-2-1-3-5-16)20-9-8-18(20)24(19)28-26(12-13-26)22(30)10-11-23(31)32/h1-7,14,18,20,24,28H,8-13,15H2,(H,31,32). The Morgan fingerprint density at radius 1 is 1.09 bits per heavy atom. The molecule has 2 aromatic carbocycles. The number of ketones is 1. The fourth-order valence-corrected chi connectivity index (χ4v) is 5.21. The van der Waals surface area contributed by atoms with Crippen molar-refractivity contribution in [1.82, 2.24) is 5.32 Å². The molecule has 5 rings (SSSR count). The molecule has 3 atom stereocenters. The van der Waals surface area contributed by atoms with Gasteiger partial charge in [-0.1, -0.05) is 36.4 Å². The van der Waals surface area contributed by atoms with Crippen molar-refractivity contribution in [1.29, 1.82) is 0 Å². The Balaban J connectivity index is 1.39. The highest BCUT2D eigenvalue weighted by Gasteiger charge is 2.55. The van der Waals surface area contributed by atoms with Crippen LogP contribution in [0, 0.1) is 11.7 Å². The van der Waals surface area contributed by atoms with Crippen LogP contribution in [-0.2, 0) is 20.9 Å². The number of halogens is 1. The van der Waals surface area contributed by atoms with E-state index in [2.05, 4.69) is 5.32 Å².